The maximum Gasteiger partial charge on any atom is 0.0954 e. The second-order valence-electron chi connectivity index (χ2n) is 5.79. The van der Waals surface area contributed by atoms with Crippen molar-refractivity contribution in [3.63, 3.8) is 0 Å². The zero-order valence-electron chi connectivity index (χ0n) is 12.7. The highest BCUT2D eigenvalue weighted by molar-refractivity contribution is 7.18. The van der Waals surface area contributed by atoms with Crippen LogP contribution in [-0.4, -0.2) is 30.8 Å². The van der Waals surface area contributed by atoms with Gasteiger partial charge in [-0.25, -0.2) is 4.98 Å². The molecule has 1 aromatic heterocycles. The maximum atomic E-state index is 5.51. The highest BCUT2D eigenvalue weighted by Crippen LogP contribution is 2.26. The van der Waals surface area contributed by atoms with Gasteiger partial charge < -0.3 is 10.1 Å². The molecule has 1 aliphatic heterocycles. The van der Waals surface area contributed by atoms with E-state index in [0.717, 1.165) is 37.6 Å². The topological polar surface area (TPSA) is 34.2 Å². The Morgan fingerprint density at radius 3 is 2.90 bits per heavy atom. The Morgan fingerprint density at radius 2 is 2.14 bits per heavy atom. The molecule has 0 spiro atoms. The number of nitrogens with one attached hydrogen (secondary N) is 1. The zero-order valence-corrected chi connectivity index (χ0v) is 13.5. The number of aromatic nitrogens is 1. The van der Waals surface area contributed by atoms with E-state index in [-0.39, 0.29) is 0 Å². The Hall–Kier alpha value is -0.970. The van der Waals surface area contributed by atoms with Crippen LogP contribution in [0.25, 0.3) is 10.2 Å². The normalized spacial score (nSPS) is 18.1. The molecule has 0 radical (unpaired) electrons. The van der Waals surface area contributed by atoms with E-state index in [1.807, 2.05) is 11.3 Å². The molecule has 0 saturated carbocycles. The number of ether oxygens (including phenoxy) is 1. The minimum Gasteiger partial charge on any atom is -0.381 e. The first-order chi connectivity index (χ1) is 10.4. The van der Waals surface area contributed by atoms with E-state index >= 15 is 0 Å². The smallest absolute Gasteiger partial charge is 0.0954 e. The van der Waals surface area contributed by atoms with Crippen molar-refractivity contribution < 1.29 is 4.74 Å². The van der Waals surface area contributed by atoms with Gasteiger partial charge in [-0.2, -0.15) is 0 Å². The van der Waals surface area contributed by atoms with Gasteiger partial charge >= 0.3 is 0 Å². The highest BCUT2D eigenvalue weighted by atomic mass is 32.1. The standard InChI is InChI=1S/C17H24N2OS/c1-2-9-18-15(13-7-10-20-11-8-13)12-17-19-14-5-3-4-6-16(14)21-17/h3-6,13,15,18H,2,7-12H2,1H3. The van der Waals surface area contributed by atoms with E-state index in [9.17, 15) is 0 Å². The lowest BCUT2D eigenvalue weighted by Gasteiger charge is -2.30. The van der Waals surface area contributed by atoms with Crippen molar-refractivity contribution in [2.24, 2.45) is 5.92 Å². The van der Waals surface area contributed by atoms with Crippen LogP contribution >= 0.6 is 11.3 Å². The molecular formula is C17H24N2OS. The average Bonchev–Trinajstić information content (AvgIpc) is 2.94. The Kier molecular flexibility index (Phi) is 5.22. The van der Waals surface area contributed by atoms with Crippen LogP contribution in [0, 0.1) is 5.92 Å². The molecule has 1 saturated heterocycles. The van der Waals surface area contributed by atoms with Crippen molar-refractivity contribution in [3.8, 4) is 0 Å². The highest BCUT2D eigenvalue weighted by Gasteiger charge is 2.24. The molecular weight excluding hydrogens is 280 g/mol. The Bertz CT molecular complexity index is 530. The summed E-state index contributed by atoms with van der Waals surface area (Å²) < 4.78 is 6.81. The van der Waals surface area contributed by atoms with Crippen LogP contribution in [0.1, 0.15) is 31.2 Å². The average molecular weight is 304 g/mol. The van der Waals surface area contributed by atoms with Crippen molar-refractivity contribution in [2.75, 3.05) is 19.8 Å². The van der Waals surface area contributed by atoms with E-state index in [4.69, 9.17) is 9.72 Å². The molecule has 1 aliphatic rings. The van der Waals surface area contributed by atoms with Crippen LogP contribution in [0.5, 0.6) is 0 Å². The lowest BCUT2D eigenvalue weighted by atomic mass is 9.90. The predicted molar refractivity (Wildman–Crippen MR) is 88.9 cm³/mol. The number of benzene rings is 1. The van der Waals surface area contributed by atoms with Crippen molar-refractivity contribution in [3.05, 3.63) is 29.3 Å². The van der Waals surface area contributed by atoms with Crippen molar-refractivity contribution >= 4 is 21.6 Å². The molecule has 0 amide bonds. The van der Waals surface area contributed by atoms with Crippen molar-refractivity contribution in [1.82, 2.24) is 10.3 Å². The Labute approximate surface area is 130 Å². The van der Waals surface area contributed by atoms with Crippen LogP contribution < -0.4 is 5.32 Å². The second kappa shape index (κ2) is 7.34. The van der Waals surface area contributed by atoms with Gasteiger partial charge in [-0.3, -0.25) is 0 Å². The summed E-state index contributed by atoms with van der Waals surface area (Å²) in [6, 6.07) is 8.97. The summed E-state index contributed by atoms with van der Waals surface area (Å²) in [6.45, 7) is 5.14. The first kappa shape index (κ1) is 14.9. The molecule has 114 valence electrons. The Balaban J connectivity index is 1.72. The van der Waals surface area contributed by atoms with Gasteiger partial charge in [0.05, 0.1) is 15.2 Å². The largest absolute Gasteiger partial charge is 0.381 e. The minimum atomic E-state index is 0.536. The summed E-state index contributed by atoms with van der Waals surface area (Å²) in [4.78, 5) is 4.80. The van der Waals surface area contributed by atoms with Gasteiger partial charge in [0.25, 0.3) is 0 Å². The first-order valence-electron chi connectivity index (χ1n) is 8.02. The summed E-state index contributed by atoms with van der Waals surface area (Å²) >= 11 is 1.84. The molecule has 3 rings (SSSR count). The summed E-state index contributed by atoms with van der Waals surface area (Å²) in [5, 5.41) is 5.00. The van der Waals surface area contributed by atoms with Gasteiger partial charge in [-0.05, 0) is 43.9 Å². The monoisotopic (exact) mass is 304 g/mol. The first-order valence-corrected chi connectivity index (χ1v) is 8.84. The number of nitrogens with zero attached hydrogens (tertiary/aromatic N) is 1. The summed E-state index contributed by atoms with van der Waals surface area (Å²) in [5.41, 5.74) is 1.14. The number of fused-ring (bicyclic) bond motifs is 1. The fourth-order valence-electron chi connectivity index (χ4n) is 3.05. The van der Waals surface area contributed by atoms with E-state index < -0.39 is 0 Å². The molecule has 21 heavy (non-hydrogen) atoms. The van der Waals surface area contributed by atoms with Crippen molar-refractivity contribution in [1.29, 1.82) is 0 Å². The minimum absolute atomic E-state index is 0.536. The molecule has 4 heteroatoms. The molecule has 1 N–H and O–H groups in total. The number of para-hydroxylation sites is 1. The third-order valence-electron chi connectivity index (χ3n) is 4.22. The van der Waals surface area contributed by atoms with E-state index in [1.54, 1.807) is 0 Å². The number of thiazole rings is 1. The van der Waals surface area contributed by atoms with Crippen LogP contribution in [-0.2, 0) is 11.2 Å². The molecule has 3 nitrogen and oxygen atoms in total. The maximum absolute atomic E-state index is 5.51. The van der Waals surface area contributed by atoms with Gasteiger partial charge in [0.15, 0.2) is 0 Å². The Morgan fingerprint density at radius 1 is 1.33 bits per heavy atom. The lowest BCUT2D eigenvalue weighted by Crippen LogP contribution is -2.41. The number of rotatable bonds is 6. The zero-order chi connectivity index (χ0) is 14.5. The van der Waals surface area contributed by atoms with E-state index in [0.29, 0.717) is 6.04 Å². The molecule has 2 heterocycles. The summed E-state index contributed by atoms with van der Waals surface area (Å²) in [5.74, 6) is 0.720. The molecule has 0 aliphatic carbocycles. The molecule has 1 atom stereocenters. The second-order valence-corrected chi connectivity index (χ2v) is 6.91. The van der Waals surface area contributed by atoms with Crippen LogP contribution in [0.15, 0.2) is 24.3 Å². The van der Waals surface area contributed by atoms with Gasteiger partial charge in [0, 0.05) is 25.7 Å². The fourth-order valence-corrected chi connectivity index (χ4v) is 4.07. The molecule has 1 unspecified atom stereocenters. The third-order valence-corrected chi connectivity index (χ3v) is 5.28. The number of hydrogen-bond acceptors (Lipinski definition) is 4. The predicted octanol–water partition coefficient (Wildman–Crippen LogP) is 3.63. The van der Waals surface area contributed by atoms with E-state index in [1.165, 1.54) is 29.0 Å². The molecule has 1 fully saturated rings. The van der Waals surface area contributed by atoms with Crippen molar-refractivity contribution in [2.45, 2.75) is 38.6 Å². The van der Waals surface area contributed by atoms with Gasteiger partial charge in [0.1, 0.15) is 0 Å². The van der Waals surface area contributed by atoms with E-state index in [2.05, 4.69) is 36.5 Å². The van der Waals surface area contributed by atoms with Gasteiger partial charge in [-0.1, -0.05) is 19.1 Å². The lowest BCUT2D eigenvalue weighted by molar-refractivity contribution is 0.0538. The molecule has 0 bridgehead atoms. The van der Waals surface area contributed by atoms with Gasteiger partial charge in [0.2, 0.25) is 0 Å². The quantitative estimate of drug-likeness (QED) is 0.885. The molecule has 2 aromatic rings. The van der Waals surface area contributed by atoms with Gasteiger partial charge in [-0.15, -0.1) is 11.3 Å². The number of hydrogen-bond donors (Lipinski definition) is 1. The molecule has 1 aromatic carbocycles. The summed E-state index contributed by atoms with van der Waals surface area (Å²) in [7, 11) is 0. The third kappa shape index (κ3) is 3.82. The van der Waals surface area contributed by atoms with Crippen LogP contribution in [0.2, 0.25) is 0 Å². The van der Waals surface area contributed by atoms with Crippen LogP contribution in [0.3, 0.4) is 0 Å². The SMILES string of the molecule is CCCNC(Cc1nc2ccccc2s1)C1CCOCC1. The van der Waals surface area contributed by atoms with Crippen LogP contribution in [0.4, 0.5) is 0 Å². The fraction of sp³-hybridized carbons (Fsp3) is 0.588. The summed E-state index contributed by atoms with van der Waals surface area (Å²) in [6.07, 6.45) is 4.57.